The van der Waals surface area contributed by atoms with Gasteiger partial charge in [0.25, 0.3) is 0 Å². The molecule has 0 spiro atoms. The van der Waals surface area contributed by atoms with Gasteiger partial charge in [-0.15, -0.1) is 0 Å². The maximum atomic E-state index is 5.57. The number of hydrogen-bond acceptors (Lipinski definition) is 3. The molecule has 0 radical (unpaired) electrons. The molecule has 2 heterocycles. The fraction of sp³-hybridized carbons (Fsp3) is 0.417. The van der Waals surface area contributed by atoms with Gasteiger partial charge in [0.1, 0.15) is 17.3 Å². The number of H-pyrrole nitrogens is 1. The second-order valence-electron chi connectivity index (χ2n) is 4.03. The van der Waals surface area contributed by atoms with Gasteiger partial charge in [-0.2, -0.15) is 0 Å². The Morgan fingerprint density at radius 3 is 2.69 bits per heavy atom. The van der Waals surface area contributed by atoms with E-state index in [1.807, 2.05) is 25.3 Å². The third-order valence-electron chi connectivity index (χ3n) is 2.62. The largest absolute Gasteiger partial charge is 0.465 e. The standard InChI is InChI=1S/C12H17N3O/c1-8-4-5-11(16-8)9(2)15-10(3)12-13-6-7-14-12/h4-7,9-10,15H,1-3H3,(H,13,14). The highest BCUT2D eigenvalue weighted by atomic mass is 16.3. The van der Waals surface area contributed by atoms with Crippen LogP contribution in [0.5, 0.6) is 0 Å². The van der Waals surface area contributed by atoms with Gasteiger partial charge in [-0.1, -0.05) is 0 Å². The van der Waals surface area contributed by atoms with Crippen LogP contribution < -0.4 is 5.32 Å². The van der Waals surface area contributed by atoms with Crippen molar-refractivity contribution in [2.75, 3.05) is 0 Å². The molecule has 2 atom stereocenters. The second-order valence-corrected chi connectivity index (χ2v) is 4.03. The Morgan fingerprint density at radius 1 is 1.31 bits per heavy atom. The smallest absolute Gasteiger partial charge is 0.122 e. The molecule has 86 valence electrons. The van der Waals surface area contributed by atoms with Gasteiger partial charge >= 0.3 is 0 Å². The van der Waals surface area contributed by atoms with Crippen LogP contribution in [0.4, 0.5) is 0 Å². The molecule has 0 saturated carbocycles. The summed E-state index contributed by atoms with van der Waals surface area (Å²) in [6.45, 7) is 6.11. The third-order valence-corrected chi connectivity index (χ3v) is 2.62. The first-order chi connectivity index (χ1) is 7.66. The van der Waals surface area contributed by atoms with E-state index in [0.717, 1.165) is 17.3 Å². The van der Waals surface area contributed by atoms with Crippen LogP contribution in [-0.2, 0) is 0 Å². The van der Waals surface area contributed by atoms with Crippen LogP contribution in [0.3, 0.4) is 0 Å². The van der Waals surface area contributed by atoms with E-state index in [9.17, 15) is 0 Å². The zero-order valence-electron chi connectivity index (χ0n) is 9.82. The topological polar surface area (TPSA) is 53.9 Å². The molecule has 4 heteroatoms. The average Bonchev–Trinajstić information content (AvgIpc) is 2.87. The van der Waals surface area contributed by atoms with Crippen LogP contribution in [0, 0.1) is 6.92 Å². The number of furan rings is 1. The van der Waals surface area contributed by atoms with Crippen LogP contribution in [0.2, 0.25) is 0 Å². The zero-order valence-corrected chi connectivity index (χ0v) is 9.82. The summed E-state index contributed by atoms with van der Waals surface area (Å²) in [6.07, 6.45) is 3.59. The van der Waals surface area contributed by atoms with Crippen LogP contribution in [0.15, 0.2) is 28.9 Å². The van der Waals surface area contributed by atoms with Gasteiger partial charge < -0.3 is 9.40 Å². The normalized spacial score (nSPS) is 14.9. The van der Waals surface area contributed by atoms with Crippen molar-refractivity contribution >= 4 is 0 Å². The summed E-state index contributed by atoms with van der Waals surface area (Å²) in [7, 11) is 0. The lowest BCUT2D eigenvalue weighted by Crippen LogP contribution is -2.23. The second kappa shape index (κ2) is 4.53. The van der Waals surface area contributed by atoms with Crippen molar-refractivity contribution in [2.45, 2.75) is 32.9 Å². The highest BCUT2D eigenvalue weighted by molar-refractivity contribution is 5.09. The van der Waals surface area contributed by atoms with E-state index >= 15 is 0 Å². The van der Waals surface area contributed by atoms with Crippen molar-refractivity contribution in [1.29, 1.82) is 0 Å². The molecule has 2 unspecified atom stereocenters. The molecule has 4 nitrogen and oxygen atoms in total. The van der Waals surface area contributed by atoms with Crippen LogP contribution in [-0.4, -0.2) is 9.97 Å². The van der Waals surface area contributed by atoms with Gasteiger partial charge in [-0.05, 0) is 32.9 Å². The van der Waals surface area contributed by atoms with Gasteiger partial charge in [0, 0.05) is 12.4 Å². The summed E-state index contributed by atoms with van der Waals surface area (Å²) in [4.78, 5) is 7.31. The molecule has 16 heavy (non-hydrogen) atoms. The minimum atomic E-state index is 0.175. The van der Waals surface area contributed by atoms with E-state index < -0.39 is 0 Å². The Morgan fingerprint density at radius 2 is 2.12 bits per heavy atom. The maximum absolute atomic E-state index is 5.57. The van der Waals surface area contributed by atoms with Gasteiger partial charge in [-0.3, -0.25) is 5.32 Å². The van der Waals surface area contributed by atoms with Crippen LogP contribution in [0.1, 0.15) is 43.3 Å². The van der Waals surface area contributed by atoms with Crippen molar-refractivity contribution < 1.29 is 4.42 Å². The van der Waals surface area contributed by atoms with Gasteiger partial charge in [-0.25, -0.2) is 4.98 Å². The van der Waals surface area contributed by atoms with E-state index in [4.69, 9.17) is 4.42 Å². The quantitative estimate of drug-likeness (QED) is 0.831. The number of rotatable bonds is 4. The number of imidazole rings is 1. The number of nitrogens with zero attached hydrogens (tertiary/aromatic N) is 1. The number of aromatic amines is 1. The molecule has 0 saturated heterocycles. The lowest BCUT2D eigenvalue weighted by molar-refractivity contribution is 0.387. The molecule has 2 N–H and O–H groups in total. The maximum Gasteiger partial charge on any atom is 0.122 e. The number of hydrogen-bond donors (Lipinski definition) is 2. The van der Waals surface area contributed by atoms with Gasteiger partial charge in [0.05, 0.1) is 12.1 Å². The summed E-state index contributed by atoms with van der Waals surface area (Å²) >= 11 is 0. The van der Waals surface area contributed by atoms with Gasteiger partial charge in [0.2, 0.25) is 0 Å². The van der Waals surface area contributed by atoms with Crippen molar-refractivity contribution in [2.24, 2.45) is 0 Å². The predicted octanol–water partition coefficient (Wildman–Crippen LogP) is 2.72. The molecular formula is C12H17N3O. The van der Waals surface area contributed by atoms with Crippen LogP contribution in [0.25, 0.3) is 0 Å². The summed E-state index contributed by atoms with van der Waals surface area (Å²) in [5.74, 6) is 2.83. The molecule has 2 aromatic heterocycles. The molecule has 0 amide bonds. The van der Waals surface area contributed by atoms with E-state index in [0.29, 0.717) is 0 Å². The van der Waals surface area contributed by atoms with E-state index in [-0.39, 0.29) is 12.1 Å². The molecule has 0 aliphatic rings. The number of nitrogens with one attached hydrogen (secondary N) is 2. The molecule has 0 aromatic carbocycles. The first kappa shape index (κ1) is 11.0. The minimum Gasteiger partial charge on any atom is -0.465 e. The van der Waals surface area contributed by atoms with Crippen molar-refractivity contribution in [3.63, 3.8) is 0 Å². The Balaban J connectivity index is 2.00. The zero-order chi connectivity index (χ0) is 11.5. The average molecular weight is 219 g/mol. The Kier molecular flexibility index (Phi) is 3.10. The molecule has 0 fully saturated rings. The first-order valence-corrected chi connectivity index (χ1v) is 5.48. The fourth-order valence-corrected chi connectivity index (χ4v) is 1.74. The van der Waals surface area contributed by atoms with Crippen molar-refractivity contribution in [3.8, 4) is 0 Å². The summed E-state index contributed by atoms with van der Waals surface area (Å²) in [5.41, 5.74) is 0. The van der Waals surface area contributed by atoms with E-state index in [1.54, 1.807) is 6.20 Å². The molecule has 2 aromatic rings. The van der Waals surface area contributed by atoms with Gasteiger partial charge in [0.15, 0.2) is 0 Å². The van der Waals surface area contributed by atoms with Crippen molar-refractivity contribution in [3.05, 3.63) is 41.9 Å². The molecule has 0 aliphatic carbocycles. The monoisotopic (exact) mass is 219 g/mol. The van der Waals surface area contributed by atoms with Crippen molar-refractivity contribution in [1.82, 2.24) is 15.3 Å². The van der Waals surface area contributed by atoms with E-state index in [2.05, 4.69) is 29.1 Å². The minimum absolute atomic E-state index is 0.175. The lowest BCUT2D eigenvalue weighted by Gasteiger charge is -2.16. The fourth-order valence-electron chi connectivity index (χ4n) is 1.74. The summed E-state index contributed by atoms with van der Waals surface area (Å²) < 4.78 is 5.57. The Labute approximate surface area is 95.1 Å². The highest BCUT2D eigenvalue weighted by Gasteiger charge is 2.14. The molecule has 0 aliphatic heterocycles. The van der Waals surface area contributed by atoms with E-state index in [1.165, 1.54) is 0 Å². The lowest BCUT2D eigenvalue weighted by atomic mass is 10.2. The van der Waals surface area contributed by atoms with Crippen LogP contribution >= 0.6 is 0 Å². The Hall–Kier alpha value is -1.55. The molecule has 2 rings (SSSR count). The summed E-state index contributed by atoms with van der Waals surface area (Å²) in [6, 6.07) is 4.33. The molecular weight excluding hydrogens is 202 g/mol. The first-order valence-electron chi connectivity index (χ1n) is 5.48. The predicted molar refractivity (Wildman–Crippen MR) is 62.0 cm³/mol. The summed E-state index contributed by atoms with van der Waals surface area (Å²) in [5, 5.41) is 3.42. The third kappa shape index (κ3) is 2.33. The Bertz CT molecular complexity index is 433. The SMILES string of the molecule is Cc1ccc(C(C)NC(C)c2ncc[nH]2)o1. The highest BCUT2D eigenvalue weighted by Crippen LogP contribution is 2.19. The number of aromatic nitrogens is 2. The number of aryl methyl sites for hydroxylation is 1. The molecule has 0 bridgehead atoms.